The van der Waals surface area contributed by atoms with E-state index in [1.54, 1.807) is 17.5 Å². The largest absolute Gasteiger partial charge is 0.416 e. The molecule has 0 saturated carbocycles. The summed E-state index contributed by atoms with van der Waals surface area (Å²) in [6.45, 7) is 0.287. The van der Waals surface area contributed by atoms with E-state index in [-0.39, 0.29) is 18.3 Å². The second-order valence-electron chi connectivity index (χ2n) is 5.74. The van der Waals surface area contributed by atoms with Crippen molar-refractivity contribution in [2.24, 2.45) is 0 Å². The highest BCUT2D eigenvalue weighted by Crippen LogP contribution is 2.48. The molecular weight excluding hydrogens is 375 g/mol. The van der Waals surface area contributed by atoms with Crippen LogP contribution in [0.25, 0.3) is 0 Å². The number of rotatable bonds is 4. The minimum Gasteiger partial charge on any atom is -0.352 e. The van der Waals surface area contributed by atoms with Crippen molar-refractivity contribution in [2.45, 2.75) is 25.1 Å². The molecule has 1 aromatic carbocycles. The van der Waals surface area contributed by atoms with Crippen molar-refractivity contribution in [3.05, 3.63) is 60.3 Å². The van der Waals surface area contributed by atoms with Gasteiger partial charge in [-0.25, -0.2) is 0 Å². The smallest absolute Gasteiger partial charge is 0.352 e. The quantitative estimate of drug-likeness (QED) is 0.548. The van der Waals surface area contributed by atoms with Gasteiger partial charge < -0.3 is 4.90 Å². The molecule has 1 saturated heterocycles. The van der Waals surface area contributed by atoms with Crippen molar-refractivity contribution in [3.63, 3.8) is 0 Å². The van der Waals surface area contributed by atoms with Crippen LogP contribution in [0.2, 0.25) is 0 Å². The molecule has 2 heterocycles. The molecule has 1 aliphatic rings. The van der Waals surface area contributed by atoms with Gasteiger partial charge in [0.05, 0.1) is 21.5 Å². The third-order valence-corrected chi connectivity index (χ3v) is 5.18. The molecule has 0 amide bonds. The Balaban J connectivity index is 2.22. The molecule has 1 fully saturated rings. The first-order valence-corrected chi connectivity index (χ1v) is 8.42. The molecule has 138 valence electrons. The van der Waals surface area contributed by atoms with Crippen LogP contribution in [-0.4, -0.2) is 16.4 Å². The van der Waals surface area contributed by atoms with Crippen LogP contribution in [0.1, 0.15) is 29.3 Å². The lowest BCUT2D eigenvalue weighted by Gasteiger charge is -2.25. The van der Waals surface area contributed by atoms with Gasteiger partial charge in [-0.3, -0.25) is 20.2 Å². The second kappa shape index (κ2) is 6.56. The van der Waals surface area contributed by atoms with Gasteiger partial charge in [-0.15, -0.1) is 11.3 Å². The molecule has 0 N–H and O–H groups in total. The molecule has 7 nitrogen and oxygen atoms in total. The number of anilines is 1. The van der Waals surface area contributed by atoms with Crippen LogP contribution in [0.3, 0.4) is 0 Å². The summed E-state index contributed by atoms with van der Waals surface area (Å²) < 4.78 is 39.1. The summed E-state index contributed by atoms with van der Waals surface area (Å²) >= 11 is 1.39. The number of hydrogen-bond acceptors (Lipinski definition) is 6. The molecule has 0 bridgehead atoms. The molecule has 0 unspecified atom stereocenters. The van der Waals surface area contributed by atoms with Crippen molar-refractivity contribution in [3.8, 4) is 0 Å². The Labute approximate surface area is 149 Å². The predicted molar refractivity (Wildman–Crippen MR) is 88.4 cm³/mol. The lowest BCUT2D eigenvalue weighted by molar-refractivity contribution is -0.393. The van der Waals surface area contributed by atoms with Gasteiger partial charge in [0.2, 0.25) is 0 Å². The molecular formula is C15H12F3N3O4S. The van der Waals surface area contributed by atoms with E-state index in [9.17, 15) is 33.4 Å². The number of benzene rings is 1. The zero-order chi connectivity index (χ0) is 19.1. The van der Waals surface area contributed by atoms with Gasteiger partial charge in [-0.05, 0) is 24.3 Å². The fourth-order valence-corrected chi connectivity index (χ4v) is 4.03. The van der Waals surface area contributed by atoms with E-state index in [0.717, 1.165) is 4.88 Å². The highest BCUT2D eigenvalue weighted by Gasteiger charge is 2.41. The Bertz CT molecular complexity index is 819. The van der Waals surface area contributed by atoms with Crippen LogP contribution in [0.15, 0.2) is 29.6 Å². The maximum absolute atomic E-state index is 13.0. The maximum atomic E-state index is 13.0. The highest BCUT2D eigenvalue weighted by molar-refractivity contribution is 7.10. The monoisotopic (exact) mass is 387 g/mol. The summed E-state index contributed by atoms with van der Waals surface area (Å²) in [7, 11) is 0. The van der Waals surface area contributed by atoms with Gasteiger partial charge in [-0.2, -0.15) is 13.2 Å². The van der Waals surface area contributed by atoms with Gasteiger partial charge in [0, 0.05) is 23.6 Å². The topological polar surface area (TPSA) is 89.5 Å². The second-order valence-corrected chi connectivity index (χ2v) is 6.72. The minimum absolute atomic E-state index is 0.287. The van der Waals surface area contributed by atoms with Crippen molar-refractivity contribution < 1.29 is 23.0 Å². The Morgan fingerprint density at radius 3 is 2.23 bits per heavy atom. The van der Waals surface area contributed by atoms with Gasteiger partial charge in [0.1, 0.15) is 0 Å². The van der Waals surface area contributed by atoms with E-state index < -0.39 is 33.0 Å². The third kappa shape index (κ3) is 3.21. The van der Waals surface area contributed by atoms with E-state index in [4.69, 9.17) is 0 Å². The van der Waals surface area contributed by atoms with Crippen molar-refractivity contribution in [1.29, 1.82) is 0 Å². The number of hydrogen-bond donors (Lipinski definition) is 0. The molecule has 0 aliphatic carbocycles. The summed E-state index contributed by atoms with van der Waals surface area (Å²) in [4.78, 5) is 23.2. The van der Waals surface area contributed by atoms with Gasteiger partial charge in [0.15, 0.2) is 5.69 Å². The normalized spacial score (nSPS) is 17.5. The maximum Gasteiger partial charge on any atom is 0.416 e. The molecule has 0 radical (unpaired) electrons. The summed E-state index contributed by atoms with van der Waals surface area (Å²) in [6.07, 6.45) is -3.69. The standard InChI is InChI=1S/C15H12F3N3O4S/c16-15(17,18)9-7-11(20(22)23)14(12(8-9)21(24)25)19-5-1-3-10(19)13-4-2-6-26-13/h2,4,6-8,10H,1,3,5H2/t10-/m1/s1. The van der Waals surface area contributed by atoms with E-state index in [2.05, 4.69) is 0 Å². The summed E-state index contributed by atoms with van der Waals surface area (Å²) in [6, 6.07) is 3.98. The Morgan fingerprint density at radius 1 is 1.15 bits per heavy atom. The van der Waals surface area contributed by atoms with Crippen LogP contribution in [0.5, 0.6) is 0 Å². The number of alkyl halides is 3. The zero-order valence-corrected chi connectivity index (χ0v) is 13.9. The molecule has 3 rings (SSSR count). The van der Waals surface area contributed by atoms with Crippen LogP contribution < -0.4 is 4.90 Å². The molecule has 26 heavy (non-hydrogen) atoms. The first-order chi connectivity index (χ1) is 12.2. The van der Waals surface area contributed by atoms with E-state index in [1.165, 1.54) is 16.2 Å². The minimum atomic E-state index is -4.92. The fourth-order valence-electron chi connectivity index (χ4n) is 3.15. The number of nitro groups is 2. The van der Waals surface area contributed by atoms with Gasteiger partial charge in [-0.1, -0.05) is 6.07 Å². The van der Waals surface area contributed by atoms with Crippen LogP contribution >= 0.6 is 11.3 Å². The third-order valence-electron chi connectivity index (χ3n) is 4.20. The Hall–Kier alpha value is -2.69. The summed E-state index contributed by atoms with van der Waals surface area (Å²) in [5.74, 6) is 0. The van der Waals surface area contributed by atoms with E-state index >= 15 is 0 Å². The lowest BCUT2D eigenvalue weighted by atomic mass is 10.1. The number of nitrogens with zero attached hydrogens (tertiary/aromatic N) is 3. The van der Waals surface area contributed by atoms with Crippen LogP contribution in [-0.2, 0) is 6.18 Å². The molecule has 0 spiro atoms. The molecule has 1 atom stereocenters. The average Bonchev–Trinajstić information content (AvgIpc) is 3.23. The first-order valence-electron chi connectivity index (χ1n) is 7.54. The van der Waals surface area contributed by atoms with E-state index in [1.807, 2.05) is 0 Å². The summed E-state index contributed by atoms with van der Waals surface area (Å²) in [5, 5.41) is 24.6. The predicted octanol–water partition coefficient (Wildman–Crippen LogP) is 4.92. The SMILES string of the molecule is O=[N+]([O-])c1cc(C(F)(F)F)cc([N+](=O)[O-])c1N1CCC[C@@H]1c1cccs1. The van der Waals surface area contributed by atoms with Crippen molar-refractivity contribution >= 4 is 28.4 Å². The summed E-state index contributed by atoms with van der Waals surface area (Å²) in [5.41, 5.74) is -3.60. The van der Waals surface area contributed by atoms with Crippen LogP contribution in [0, 0.1) is 20.2 Å². The number of thiophene rings is 1. The number of nitro benzene ring substituents is 2. The van der Waals surface area contributed by atoms with Crippen molar-refractivity contribution in [2.75, 3.05) is 11.4 Å². The molecule has 1 aliphatic heterocycles. The molecule has 1 aromatic heterocycles. The number of halogens is 3. The van der Waals surface area contributed by atoms with Crippen LogP contribution in [0.4, 0.5) is 30.2 Å². The Kier molecular flexibility index (Phi) is 4.57. The fraction of sp³-hybridized carbons (Fsp3) is 0.333. The average molecular weight is 387 g/mol. The molecule has 2 aromatic rings. The molecule has 11 heteroatoms. The lowest BCUT2D eigenvalue weighted by Crippen LogP contribution is -2.24. The zero-order valence-electron chi connectivity index (χ0n) is 13.1. The highest BCUT2D eigenvalue weighted by atomic mass is 32.1. The van der Waals surface area contributed by atoms with Gasteiger partial charge >= 0.3 is 6.18 Å². The first kappa shape index (κ1) is 18.1. The van der Waals surface area contributed by atoms with E-state index in [0.29, 0.717) is 25.0 Å². The van der Waals surface area contributed by atoms with Gasteiger partial charge in [0.25, 0.3) is 11.4 Å². The van der Waals surface area contributed by atoms with Crippen molar-refractivity contribution in [1.82, 2.24) is 0 Å². The Morgan fingerprint density at radius 2 is 1.77 bits per heavy atom.